The van der Waals surface area contributed by atoms with E-state index in [4.69, 9.17) is 0 Å². The average Bonchev–Trinajstić information content (AvgIpc) is 3.09. The molecule has 32 heavy (non-hydrogen) atoms. The van der Waals surface area contributed by atoms with Gasteiger partial charge in [0.15, 0.2) is 0 Å². The van der Waals surface area contributed by atoms with E-state index in [1.807, 2.05) is 0 Å². The minimum absolute atomic E-state index is 0.00530. The molecule has 2 heteroatoms. The number of rotatable bonds is 6. The summed E-state index contributed by atoms with van der Waals surface area (Å²) in [6.07, 6.45) is 16.8. The quantitative estimate of drug-likeness (QED) is 0.416. The van der Waals surface area contributed by atoms with Gasteiger partial charge in [-0.15, -0.1) is 0 Å². The highest BCUT2D eigenvalue weighted by molar-refractivity contribution is 5.22. The van der Waals surface area contributed by atoms with Crippen LogP contribution in [0.3, 0.4) is 0 Å². The summed E-state index contributed by atoms with van der Waals surface area (Å²) in [7, 11) is 0. The fourth-order valence-electron chi connectivity index (χ4n) is 8.91. The Morgan fingerprint density at radius 3 is 2.50 bits per heavy atom. The number of aliphatic hydroxyl groups excluding tert-OH is 1. The van der Waals surface area contributed by atoms with Crippen LogP contribution in [-0.2, 0) is 0 Å². The minimum atomic E-state index is -0.424. The molecule has 9 atom stereocenters. The maximum absolute atomic E-state index is 10.9. The molecule has 0 heterocycles. The van der Waals surface area contributed by atoms with Gasteiger partial charge in [0.05, 0.1) is 11.7 Å². The van der Waals surface area contributed by atoms with Gasteiger partial charge in [0, 0.05) is 0 Å². The normalized spacial score (nSPS) is 43.6. The van der Waals surface area contributed by atoms with Crippen molar-refractivity contribution in [1.29, 1.82) is 0 Å². The number of fused-ring (bicyclic) bond motifs is 5. The highest BCUT2D eigenvalue weighted by Crippen LogP contribution is 2.65. The van der Waals surface area contributed by atoms with Crippen LogP contribution in [0.4, 0.5) is 0 Å². The van der Waals surface area contributed by atoms with Gasteiger partial charge in [-0.25, -0.2) is 0 Å². The van der Waals surface area contributed by atoms with Gasteiger partial charge in [-0.05, 0) is 111 Å². The largest absolute Gasteiger partial charge is 0.393 e. The van der Waals surface area contributed by atoms with Crippen LogP contribution in [0.2, 0.25) is 0 Å². The van der Waals surface area contributed by atoms with Crippen LogP contribution in [0.5, 0.6) is 0 Å². The van der Waals surface area contributed by atoms with E-state index in [9.17, 15) is 10.2 Å². The lowest BCUT2D eigenvalue weighted by Crippen LogP contribution is -2.48. The van der Waals surface area contributed by atoms with Crippen molar-refractivity contribution in [3.05, 3.63) is 11.6 Å². The third-order valence-corrected chi connectivity index (χ3v) is 11.1. The van der Waals surface area contributed by atoms with Gasteiger partial charge in [0.25, 0.3) is 0 Å². The van der Waals surface area contributed by atoms with Crippen molar-refractivity contribution in [2.24, 2.45) is 46.3 Å². The molecule has 0 aliphatic heterocycles. The predicted octanol–water partition coefficient (Wildman–Crippen LogP) is 7.53. The van der Waals surface area contributed by atoms with E-state index in [2.05, 4.69) is 47.6 Å². The molecule has 2 N–H and O–H groups in total. The highest BCUT2D eigenvalue weighted by atomic mass is 16.3. The SMILES string of the molecule is CC[C@]1(O)CC[C@H]2C(=CC[C@@H]3[C@@H]2CC[C@]2(C)[C@@H]([C@H](C)CCCC(O)C(C)(C)C)CC[C@@H]32)C1. The standard InChI is InChI=1S/C30H52O2/c1-7-30(32)18-16-22-21(19-30)11-12-24-23(22)15-17-29(6)25(13-14-26(24)29)20(2)9-8-10-27(31)28(3,4)5/h11,20,22-27,31-32H,7-10,12-19H2,1-6H3/t20-,22+,23-,24-,25-,26+,27?,29-,30+/m1/s1. The van der Waals surface area contributed by atoms with E-state index in [1.54, 1.807) is 5.57 Å². The molecule has 2 nitrogen and oxygen atoms in total. The Labute approximate surface area is 198 Å². The molecule has 0 saturated heterocycles. The molecular weight excluding hydrogens is 392 g/mol. The number of aliphatic hydroxyl groups is 2. The number of hydrogen-bond donors (Lipinski definition) is 2. The van der Waals surface area contributed by atoms with Crippen molar-refractivity contribution in [2.45, 2.75) is 130 Å². The number of allylic oxidation sites excluding steroid dienone is 1. The first-order valence-electron chi connectivity index (χ1n) is 14.1. The third kappa shape index (κ3) is 4.49. The lowest BCUT2D eigenvalue weighted by atomic mass is 9.50. The highest BCUT2D eigenvalue weighted by Gasteiger charge is 2.57. The Balaban J connectivity index is 1.40. The molecule has 0 radical (unpaired) electrons. The van der Waals surface area contributed by atoms with Gasteiger partial charge >= 0.3 is 0 Å². The zero-order valence-electron chi connectivity index (χ0n) is 22.0. The van der Waals surface area contributed by atoms with Crippen LogP contribution in [0, 0.1) is 46.3 Å². The maximum Gasteiger partial charge on any atom is 0.0682 e. The second kappa shape index (κ2) is 9.03. The van der Waals surface area contributed by atoms with Crippen LogP contribution >= 0.6 is 0 Å². The van der Waals surface area contributed by atoms with Crippen LogP contribution < -0.4 is 0 Å². The van der Waals surface area contributed by atoms with E-state index in [0.29, 0.717) is 5.41 Å². The van der Waals surface area contributed by atoms with Crippen LogP contribution in [0.1, 0.15) is 119 Å². The predicted molar refractivity (Wildman–Crippen MR) is 134 cm³/mol. The molecule has 0 amide bonds. The summed E-state index contributed by atoms with van der Waals surface area (Å²) in [5, 5.41) is 21.3. The monoisotopic (exact) mass is 444 g/mol. The van der Waals surface area contributed by atoms with E-state index < -0.39 is 5.60 Å². The van der Waals surface area contributed by atoms with Gasteiger partial charge in [0.1, 0.15) is 0 Å². The third-order valence-electron chi connectivity index (χ3n) is 11.1. The van der Waals surface area contributed by atoms with Gasteiger partial charge in [-0.3, -0.25) is 0 Å². The summed E-state index contributed by atoms with van der Waals surface area (Å²) in [6, 6.07) is 0. The summed E-state index contributed by atoms with van der Waals surface area (Å²) in [5.74, 6) is 5.07. The van der Waals surface area contributed by atoms with Crippen LogP contribution in [0.15, 0.2) is 11.6 Å². The molecular formula is C30H52O2. The smallest absolute Gasteiger partial charge is 0.0682 e. The Hall–Kier alpha value is -0.340. The molecule has 184 valence electrons. The Morgan fingerprint density at radius 2 is 1.81 bits per heavy atom. The van der Waals surface area contributed by atoms with Crippen LogP contribution in [-0.4, -0.2) is 21.9 Å². The Bertz CT molecular complexity index is 689. The van der Waals surface area contributed by atoms with Crippen molar-refractivity contribution in [3.8, 4) is 0 Å². The molecule has 0 aromatic heterocycles. The molecule has 0 aromatic carbocycles. The molecule has 0 spiro atoms. The van der Waals surface area contributed by atoms with Crippen molar-refractivity contribution in [3.63, 3.8) is 0 Å². The van der Waals surface area contributed by atoms with Gasteiger partial charge in [-0.2, -0.15) is 0 Å². The van der Waals surface area contributed by atoms with Crippen molar-refractivity contribution < 1.29 is 10.2 Å². The average molecular weight is 445 g/mol. The first kappa shape index (κ1) is 24.8. The van der Waals surface area contributed by atoms with E-state index in [-0.39, 0.29) is 11.5 Å². The molecule has 1 unspecified atom stereocenters. The van der Waals surface area contributed by atoms with Crippen LogP contribution in [0.25, 0.3) is 0 Å². The topological polar surface area (TPSA) is 40.5 Å². The summed E-state index contributed by atoms with van der Waals surface area (Å²) >= 11 is 0. The molecule has 4 rings (SSSR count). The number of hydrogen-bond acceptors (Lipinski definition) is 2. The molecule has 4 aliphatic carbocycles. The first-order valence-corrected chi connectivity index (χ1v) is 14.1. The van der Waals surface area contributed by atoms with E-state index >= 15 is 0 Å². The lowest BCUT2D eigenvalue weighted by Gasteiger charge is -2.55. The first-order chi connectivity index (χ1) is 15.0. The zero-order valence-corrected chi connectivity index (χ0v) is 22.0. The summed E-state index contributed by atoms with van der Waals surface area (Å²) in [4.78, 5) is 0. The summed E-state index contributed by atoms with van der Waals surface area (Å²) < 4.78 is 0. The molecule has 4 aliphatic rings. The van der Waals surface area contributed by atoms with Gasteiger partial charge in [0.2, 0.25) is 0 Å². The van der Waals surface area contributed by atoms with E-state index in [0.717, 1.165) is 67.6 Å². The second-order valence-electron chi connectivity index (χ2n) is 13.9. The Morgan fingerprint density at radius 1 is 1.06 bits per heavy atom. The fourth-order valence-corrected chi connectivity index (χ4v) is 8.91. The molecule has 0 bridgehead atoms. The van der Waals surface area contributed by atoms with Gasteiger partial charge < -0.3 is 10.2 Å². The second-order valence-corrected chi connectivity index (χ2v) is 13.9. The fraction of sp³-hybridized carbons (Fsp3) is 0.933. The van der Waals surface area contributed by atoms with Crippen molar-refractivity contribution in [1.82, 2.24) is 0 Å². The van der Waals surface area contributed by atoms with Crippen molar-refractivity contribution in [2.75, 3.05) is 0 Å². The molecule has 0 aromatic rings. The summed E-state index contributed by atoms with van der Waals surface area (Å²) in [5.41, 5.74) is 1.72. The lowest BCUT2D eigenvalue weighted by molar-refractivity contribution is -0.0462. The molecule has 3 fully saturated rings. The molecule has 3 saturated carbocycles. The van der Waals surface area contributed by atoms with E-state index in [1.165, 1.54) is 44.9 Å². The Kier molecular flexibility index (Phi) is 6.99. The maximum atomic E-state index is 10.9. The summed E-state index contributed by atoms with van der Waals surface area (Å²) in [6.45, 7) is 13.8. The zero-order chi connectivity index (χ0) is 23.3. The minimum Gasteiger partial charge on any atom is -0.393 e. The van der Waals surface area contributed by atoms with Crippen molar-refractivity contribution >= 4 is 0 Å². The van der Waals surface area contributed by atoms with Gasteiger partial charge in [-0.1, -0.05) is 66.0 Å².